The molecule has 0 rings (SSSR count). The van der Waals surface area contributed by atoms with E-state index >= 15 is 0 Å². The van der Waals surface area contributed by atoms with Crippen molar-refractivity contribution in [1.82, 2.24) is 5.32 Å². The van der Waals surface area contributed by atoms with Gasteiger partial charge in [-0.3, -0.25) is 0 Å². The highest BCUT2D eigenvalue weighted by atomic mass is 16.6. The first-order valence-corrected chi connectivity index (χ1v) is 10.1. The average molecular weight is 368 g/mol. The van der Waals surface area contributed by atoms with Gasteiger partial charge < -0.3 is 14.8 Å². The van der Waals surface area contributed by atoms with Gasteiger partial charge in [0, 0.05) is 0 Å². The molecule has 0 spiro atoms. The fourth-order valence-corrected chi connectivity index (χ4v) is 2.63. The minimum atomic E-state index is -0.738. The summed E-state index contributed by atoms with van der Waals surface area (Å²) in [5.74, 6) is 1.73. The second kappa shape index (κ2) is 18.1. The van der Waals surface area contributed by atoms with Gasteiger partial charge in [0.15, 0.2) is 6.61 Å². The van der Waals surface area contributed by atoms with Gasteiger partial charge in [-0.05, 0) is 13.3 Å². The van der Waals surface area contributed by atoms with Gasteiger partial charge in [0.2, 0.25) is 0 Å². The maximum Gasteiger partial charge on any atom is 0.408 e. The molecule has 0 aliphatic rings. The van der Waals surface area contributed by atoms with Gasteiger partial charge in [-0.1, -0.05) is 83.5 Å². The van der Waals surface area contributed by atoms with Crippen LogP contribution in [0.25, 0.3) is 0 Å². The number of hydrogen-bond donors (Lipinski definition) is 1. The van der Waals surface area contributed by atoms with Crippen molar-refractivity contribution in [1.29, 1.82) is 0 Å². The second-order valence-electron chi connectivity index (χ2n) is 6.70. The van der Waals surface area contributed by atoms with Gasteiger partial charge in [0.1, 0.15) is 6.04 Å². The molecule has 0 aromatic rings. The van der Waals surface area contributed by atoms with E-state index in [-0.39, 0.29) is 6.61 Å². The summed E-state index contributed by atoms with van der Waals surface area (Å²) in [6.45, 7) is 4.08. The van der Waals surface area contributed by atoms with Crippen molar-refractivity contribution in [2.75, 3.05) is 13.2 Å². The van der Waals surface area contributed by atoms with Crippen molar-refractivity contribution in [3.63, 3.8) is 0 Å². The average Bonchev–Trinajstić information content (AvgIpc) is 2.63. The Morgan fingerprint density at radius 1 is 0.885 bits per heavy atom. The minimum Gasteiger partial charge on any atom is -0.464 e. The molecule has 0 radical (unpaired) electrons. The summed E-state index contributed by atoms with van der Waals surface area (Å²) in [7, 11) is 0. The van der Waals surface area contributed by atoms with E-state index < -0.39 is 18.1 Å². The Morgan fingerprint density at radius 3 is 1.88 bits per heavy atom. The third kappa shape index (κ3) is 15.8. The molecule has 0 saturated heterocycles. The molecule has 0 unspecified atom stereocenters. The Morgan fingerprint density at radius 2 is 1.38 bits per heavy atom. The second-order valence-corrected chi connectivity index (χ2v) is 6.70. The molecule has 0 heterocycles. The highest BCUT2D eigenvalue weighted by Crippen LogP contribution is 2.11. The van der Waals surface area contributed by atoms with Crippen LogP contribution in [0.5, 0.6) is 0 Å². The SMILES string of the molecule is C#CCOC(=O)N[C@@H](C)C(=O)OCCCCCCCCCCCCCC. The quantitative estimate of drug-likeness (QED) is 0.237. The first-order chi connectivity index (χ1) is 12.6. The molecule has 150 valence electrons. The molecule has 5 heteroatoms. The number of carbonyl (C=O) groups excluding carboxylic acids is 2. The summed E-state index contributed by atoms with van der Waals surface area (Å²) >= 11 is 0. The predicted octanol–water partition coefficient (Wildman–Crippen LogP) is 4.98. The number of terminal acetylenes is 1. The third-order valence-corrected chi connectivity index (χ3v) is 4.22. The van der Waals surface area contributed by atoms with Crippen molar-refractivity contribution in [2.24, 2.45) is 0 Å². The maximum atomic E-state index is 11.7. The molecule has 0 fully saturated rings. The molecule has 5 nitrogen and oxygen atoms in total. The van der Waals surface area contributed by atoms with Crippen molar-refractivity contribution in [2.45, 2.75) is 96.9 Å². The lowest BCUT2D eigenvalue weighted by Crippen LogP contribution is -2.40. The van der Waals surface area contributed by atoms with E-state index in [1.54, 1.807) is 6.92 Å². The van der Waals surface area contributed by atoms with E-state index in [4.69, 9.17) is 11.2 Å². The van der Waals surface area contributed by atoms with Gasteiger partial charge in [-0.25, -0.2) is 9.59 Å². The molecular weight excluding hydrogens is 330 g/mol. The standard InChI is InChI=1S/C21H37NO4/c1-4-6-7-8-9-10-11-12-13-14-15-16-18-25-20(23)19(3)22-21(24)26-17-5-2/h2,19H,4,6-18H2,1,3H3,(H,22,24)/t19-/m0/s1. The monoisotopic (exact) mass is 367 g/mol. The number of esters is 1. The van der Waals surface area contributed by atoms with Crippen LogP contribution in [0.4, 0.5) is 4.79 Å². The van der Waals surface area contributed by atoms with Crippen LogP contribution in [-0.4, -0.2) is 31.3 Å². The normalized spacial score (nSPS) is 11.4. The molecule has 1 N–H and O–H groups in total. The van der Waals surface area contributed by atoms with E-state index in [1.165, 1.54) is 64.2 Å². The first-order valence-electron chi connectivity index (χ1n) is 10.1. The van der Waals surface area contributed by atoms with E-state index in [2.05, 4.69) is 22.9 Å². The van der Waals surface area contributed by atoms with Crippen LogP contribution < -0.4 is 5.32 Å². The number of alkyl carbamates (subject to hydrolysis) is 1. The zero-order valence-corrected chi connectivity index (χ0v) is 16.7. The lowest BCUT2D eigenvalue weighted by molar-refractivity contribution is -0.145. The topological polar surface area (TPSA) is 64.6 Å². The highest BCUT2D eigenvalue weighted by Gasteiger charge is 2.17. The van der Waals surface area contributed by atoms with Crippen LogP contribution >= 0.6 is 0 Å². The van der Waals surface area contributed by atoms with Gasteiger partial charge in [0.25, 0.3) is 0 Å². The Balaban J connectivity index is 3.39. The van der Waals surface area contributed by atoms with Gasteiger partial charge in [-0.2, -0.15) is 0 Å². The molecule has 26 heavy (non-hydrogen) atoms. The minimum absolute atomic E-state index is 0.119. The van der Waals surface area contributed by atoms with Crippen LogP contribution in [0.2, 0.25) is 0 Å². The Bertz CT molecular complexity index is 403. The van der Waals surface area contributed by atoms with Crippen LogP contribution in [0.1, 0.15) is 90.9 Å². The predicted molar refractivity (Wildman–Crippen MR) is 105 cm³/mol. The van der Waals surface area contributed by atoms with Crippen molar-refractivity contribution in [3.05, 3.63) is 0 Å². The number of unbranched alkanes of at least 4 members (excludes halogenated alkanes) is 11. The summed E-state index contributed by atoms with van der Waals surface area (Å²) in [6, 6.07) is -0.738. The molecule has 0 aromatic heterocycles. The molecule has 0 aliphatic carbocycles. The lowest BCUT2D eigenvalue weighted by Gasteiger charge is -2.12. The molecule has 1 amide bonds. The fourth-order valence-electron chi connectivity index (χ4n) is 2.63. The highest BCUT2D eigenvalue weighted by molar-refractivity contribution is 5.80. The van der Waals surface area contributed by atoms with E-state index in [1.807, 2.05) is 0 Å². The zero-order chi connectivity index (χ0) is 19.5. The number of ether oxygens (including phenoxy) is 2. The van der Waals surface area contributed by atoms with Crippen LogP contribution in [-0.2, 0) is 14.3 Å². The number of nitrogens with one attached hydrogen (secondary N) is 1. The Kier molecular flexibility index (Phi) is 16.9. The van der Waals surface area contributed by atoms with Crippen LogP contribution in [0.15, 0.2) is 0 Å². The molecule has 0 saturated carbocycles. The molecule has 1 atom stereocenters. The molecule has 0 aromatic carbocycles. The largest absolute Gasteiger partial charge is 0.464 e. The lowest BCUT2D eigenvalue weighted by atomic mass is 10.1. The van der Waals surface area contributed by atoms with Gasteiger partial charge in [0.05, 0.1) is 6.61 Å². The van der Waals surface area contributed by atoms with E-state index in [0.717, 1.165) is 12.8 Å². The smallest absolute Gasteiger partial charge is 0.408 e. The summed E-state index contributed by atoms with van der Waals surface area (Å²) in [6.07, 6.45) is 19.4. The van der Waals surface area contributed by atoms with E-state index in [9.17, 15) is 9.59 Å². The summed E-state index contributed by atoms with van der Waals surface area (Å²) in [5, 5.41) is 2.38. The number of carbonyl (C=O) groups is 2. The van der Waals surface area contributed by atoms with Crippen molar-refractivity contribution < 1.29 is 19.1 Å². The van der Waals surface area contributed by atoms with Crippen LogP contribution in [0.3, 0.4) is 0 Å². The van der Waals surface area contributed by atoms with Gasteiger partial charge >= 0.3 is 12.1 Å². The zero-order valence-electron chi connectivity index (χ0n) is 16.7. The Hall–Kier alpha value is -1.70. The summed E-state index contributed by atoms with van der Waals surface area (Å²) in [5.41, 5.74) is 0. The third-order valence-electron chi connectivity index (χ3n) is 4.22. The maximum absolute atomic E-state index is 11.7. The van der Waals surface area contributed by atoms with Crippen molar-refractivity contribution in [3.8, 4) is 12.3 Å². The first kappa shape index (κ1) is 24.3. The summed E-state index contributed by atoms with van der Waals surface area (Å²) in [4.78, 5) is 23.0. The molecule has 0 bridgehead atoms. The molecular formula is C21H37NO4. The number of amides is 1. The van der Waals surface area contributed by atoms with Gasteiger partial charge in [-0.15, -0.1) is 6.42 Å². The summed E-state index contributed by atoms with van der Waals surface area (Å²) < 4.78 is 9.79. The number of hydrogen-bond acceptors (Lipinski definition) is 4. The fraction of sp³-hybridized carbons (Fsp3) is 0.810. The van der Waals surface area contributed by atoms with E-state index in [0.29, 0.717) is 6.61 Å². The molecule has 0 aliphatic heterocycles. The van der Waals surface area contributed by atoms with Crippen molar-refractivity contribution >= 4 is 12.1 Å². The van der Waals surface area contributed by atoms with Crippen LogP contribution in [0, 0.1) is 12.3 Å². The Labute approximate surface area is 159 Å². The number of rotatable bonds is 16.